The first kappa shape index (κ1) is 25.4. The molecular weight excluding hydrogens is 512 g/mol. The first-order valence-corrected chi connectivity index (χ1v) is 14.1. The van der Waals surface area contributed by atoms with E-state index in [4.69, 9.17) is 15.0 Å². The number of hydrogen-bond donors (Lipinski definition) is 1. The molecule has 4 heteroatoms. The Balaban J connectivity index is 1.34. The Morgan fingerprint density at radius 1 is 0.429 bits per heavy atom. The molecule has 200 valence electrons. The van der Waals surface area contributed by atoms with Gasteiger partial charge in [-0.2, -0.15) is 0 Å². The van der Waals surface area contributed by atoms with Crippen LogP contribution in [-0.4, -0.2) is 15.0 Å². The van der Waals surface area contributed by atoms with E-state index < -0.39 is 0 Å². The lowest BCUT2D eigenvalue weighted by molar-refractivity contribution is 0.767. The Bertz CT molecular complexity index is 1820. The van der Waals surface area contributed by atoms with E-state index in [9.17, 15) is 0 Å². The van der Waals surface area contributed by atoms with Gasteiger partial charge in [-0.25, -0.2) is 15.0 Å². The molecule has 4 nitrogen and oxygen atoms in total. The number of nitrogens with zero attached hydrogens (tertiary/aromatic N) is 3. The van der Waals surface area contributed by atoms with Crippen LogP contribution in [0.25, 0.3) is 45.4 Å². The van der Waals surface area contributed by atoms with Gasteiger partial charge in [0.25, 0.3) is 0 Å². The molecule has 0 bridgehead atoms. The smallest absolute Gasteiger partial charge is 0.164 e. The molecule has 1 N–H and O–H groups in total. The molecule has 1 aromatic heterocycles. The molecule has 1 aliphatic heterocycles. The van der Waals surface area contributed by atoms with Crippen molar-refractivity contribution >= 4 is 11.3 Å². The summed E-state index contributed by atoms with van der Waals surface area (Å²) in [5.41, 5.74) is 8.55. The summed E-state index contributed by atoms with van der Waals surface area (Å²) >= 11 is 0. The predicted molar refractivity (Wildman–Crippen MR) is 171 cm³/mol. The van der Waals surface area contributed by atoms with Crippen molar-refractivity contribution in [2.75, 3.05) is 0 Å². The van der Waals surface area contributed by atoms with Gasteiger partial charge in [-0.1, -0.05) is 140 Å². The molecule has 2 heterocycles. The van der Waals surface area contributed by atoms with Crippen molar-refractivity contribution in [1.29, 1.82) is 0 Å². The molecule has 1 unspecified atom stereocenters. The third kappa shape index (κ3) is 5.38. The standard InChI is InChI=1S/C38H28N4/c1-5-14-27(15-6-1)34-25-33(26-35(39-34)28-16-7-2-8-17-28)31-22-13-23-32(24-31)38-41-36(29-18-9-3-10-19-29)40-37(42-38)30-20-11-4-12-21-30/h1-26,34,39H. The van der Waals surface area contributed by atoms with E-state index in [0.717, 1.165) is 39.1 Å². The lowest BCUT2D eigenvalue weighted by Crippen LogP contribution is -2.21. The van der Waals surface area contributed by atoms with Gasteiger partial charge >= 0.3 is 0 Å². The van der Waals surface area contributed by atoms with Crippen LogP contribution >= 0.6 is 0 Å². The Hall–Kier alpha value is -5.61. The van der Waals surface area contributed by atoms with Gasteiger partial charge in [0.1, 0.15) is 0 Å². The van der Waals surface area contributed by atoms with Crippen LogP contribution in [0, 0.1) is 0 Å². The predicted octanol–water partition coefficient (Wildman–Crippen LogP) is 8.64. The Labute approximate surface area is 245 Å². The van der Waals surface area contributed by atoms with Crippen molar-refractivity contribution in [1.82, 2.24) is 20.3 Å². The number of rotatable bonds is 6. The molecule has 6 aromatic rings. The van der Waals surface area contributed by atoms with Crippen molar-refractivity contribution in [3.05, 3.63) is 174 Å². The largest absolute Gasteiger partial charge is 0.374 e. The summed E-state index contributed by atoms with van der Waals surface area (Å²) in [6.07, 6.45) is 4.52. The number of benzene rings is 5. The Kier molecular flexibility index (Phi) is 6.93. The van der Waals surface area contributed by atoms with E-state index in [1.807, 2.05) is 66.7 Å². The zero-order valence-electron chi connectivity index (χ0n) is 22.9. The van der Waals surface area contributed by atoms with E-state index in [1.165, 1.54) is 5.56 Å². The van der Waals surface area contributed by atoms with E-state index in [-0.39, 0.29) is 6.04 Å². The summed E-state index contributed by atoms with van der Waals surface area (Å²) in [5.74, 6) is 1.95. The van der Waals surface area contributed by atoms with Crippen LogP contribution in [0.1, 0.15) is 22.7 Å². The molecule has 5 aromatic carbocycles. The third-order valence-electron chi connectivity index (χ3n) is 7.35. The average Bonchev–Trinajstić information content (AvgIpc) is 3.09. The normalized spacial score (nSPS) is 14.4. The van der Waals surface area contributed by atoms with E-state index in [1.54, 1.807) is 0 Å². The highest BCUT2D eigenvalue weighted by Crippen LogP contribution is 2.33. The highest BCUT2D eigenvalue weighted by atomic mass is 15.0. The molecule has 0 amide bonds. The molecule has 0 fully saturated rings. The van der Waals surface area contributed by atoms with Gasteiger partial charge in [-0.05, 0) is 40.5 Å². The van der Waals surface area contributed by atoms with Gasteiger partial charge in [0, 0.05) is 22.4 Å². The minimum Gasteiger partial charge on any atom is -0.374 e. The highest BCUT2D eigenvalue weighted by molar-refractivity contribution is 5.87. The van der Waals surface area contributed by atoms with Crippen LogP contribution in [0.5, 0.6) is 0 Å². The van der Waals surface area contributed by atoms with Gasteiger partial charge in [-0.15, -0.1) is 0 Å². The van der Waals surface area contributed by atoms with Gasteiger partial charge < -0.3 is 5.32 Å². The monoisotopic (exact) mass is 540 g/mol. The zero-order chi connectivity index (χ0) is 28.1. The van der Waals surface area contributed by atoms with Gasteiger partial charge in [-0.3, -0.25) is 0 Å². The first-order valence-electron chi connectivity index (χ1n) is 14.1. The Morgan fingerprint density at radius 3 is 1.45 bits per heavy atom. The van der Waals surface area contributed by atoms with Gasteiger partial charge in [0.15, 0.2) is 17.5 Å². The highest BCUT2D eigenvalue weighted by Gasteiger charge is 2.19. The summed E-state index contributed by atoms with van der Waals surface area (Å²) in [6.45, 7) is 0. The summed E-state index contributed by atoms with van der Waals surface area (Å²) in [7, 11) is 0. The molecular formula is C38H28N4. The number of dihydropyridines is 1. The topological polar surface area (TPSA) is 50.7 Å². The minimum atomic E-state index is 0.0385. The van der Waals surface area contributed by atoms with Crippen LogP contribution < -0.4 is 5.32 Å². The Morgan fingerprint density at radius 2 is 0.881 bits per heavy atom. The SMILES string of the molecule is C1=C(c2cccc(-c3nc(-c4ccccc4)nc(-c4ccccc4)n3)c2)C=C(c2ccccc2)NC1c1ccccc1. The minimum absolute atomic E-state index is 0.0385. The van der Waals surface area contributed by atoms with Crippen molar-refractivity contribution in [3.63, 3.8) is 0 Å². The molecule has 7 rings (SSSR count). The lowest BCUT2D eigenvalue weighted by Gasteiger charge is -2.25. The van der Waals surface area contributed by atoms with Crippen molar-refractivity contribution in [2.45, 2.75) is 6.04 Å². The molecule has 0 spiro atoms. The van der Waals surface area contributed by atoms with E-state index in [0.29, 0.717) is 17.5 Å². The second-order valence-corrected chi connectivity index (χ2v) is 10.2. The van der Waals surface area contributed by atoms with Crippen molar-refractivity contribution in [3.8, 4) is 34.2 Å². The molecule has 42 heavy (non-hydrogen) atoms. The maximum Gasteiger partial charge on any atom is 0.164 e. The molecule has 0 saturated carbocycles. The number of aromatic nitrogens is 3. The summed E-state index contributed by atoms with van der Waals surface area (Å²) in [6, 6.07) is 49.7. The fraction of sp³-hybridized carbons (Fsp3) is 0.0263. The second kappa shape index (κ2) is 11.5. The lowest BCUT2D eigenvalue weighted by atomic mass is 9.92. The maximum atomic E-state index is 4.94. The first-order chi connectivity index (χ1) is 20.8. The van der Waals surface area contributed by atoms with Crippen LogP contribution in [-0.2, 0) is 0 Å². The quantitative estimate of drug-likeness (QED) is 0.230. The van der Waals surface area contributed by atoms with Gasteiger partial charge in [0.2, 0.25) is 0 Å². The van der Waals surface area contributed by atoms with Gasteiger partial charge in [0.05, 0.1) is 6.04 Å². The fourth-order valence-corrected chi connectivity index (χ4v) is 5.21. The second-order valence-electron chi connectivity index (χ2n) is 10.2. The summed E-state index contributed by atoms with van der Waals surface area (Å²) in [5, 5.41) is 3.74. The summed E-state index contributed by atoms with van der Waals surface area (Å²) in [4.78, 5) is 14.7. The number of hydrogen-bond acceptors (Lipinski definition) is 4. The van der Waals surface area contributed by atoms with E-state index in [2.05, 4.69) is 96.3 Å². The fourth-order valence-electron chi connectivity index (χ4n) is 5.21. The average molecular weight is 541 g/mol. The van der Waals surface area contributed by atoms with E-state index >= 15 is 0 Å². The van der Waals surface area contributed by atoms with Crippen LogP contribution in [0.3, 0.4) is 0 Å². The van der Waals surface area contributed by atoms with Crippen molar-refractivity contribution in [2.24, 2.45) is 0 Å². The third-order valence-corrected chi connectivity index (χ3v) is 7.35. The van der Waals surface area contributed by atoms with Crippen LogP contribution in [0.15, 0.2) is 158 Å². The molecule has 0 radical (unpaired) electrons. The molecule has 0 aliphatic carbocycles. The van der Waals surface area contributed by atoms with Crippen LogP contribution in [0.2, 0.25) is 0 Å². The number of allylic oxidation sites excluding steroid dienone is 2. The molecule has 1 aliphatic rings. The maximum absolute atomic E-state index is 4.94. The molecule has 1 atom stereocenters. The number of nitrogens with one attached hydrogen (secondary N) is 1. The summed E-state index contributed by atoms with van der Waals surface area (Å²) < 4.78 is 0. The molecule has 0 saturated heterocycles. The van der Waals surface area contributed by atoms with Crippen molar-refractivity contribution < 1.29 is 0 Å². The van der Waals surface area contributed by atoms with Crippen LogP contribution in [0.4, 0.5) is 0 Å². The zero-order valence-corrected chi connectivity index (χ0v) is 22.9.